The molecule has 0 spiro atoms. The summed E-state index contributed by atoms with van der Waals surface area (Å²) in [4.78, 5) is 28.7. The van der Waals surface area contributed by atoms with Gasteiger partial charge in [0.15, 0.2) is 5.78 Å². The third kappa shape index (κ3) is 8.63. The molecule has 4 aromatic rings. The molecule has 0 fully saturated rings. The number of anilines is 2. The van der Waals surface area contributed by atoms with Crippen LogP contribution in [0, 0.1) is 20.8 Å². The Morgan fingerprint density at radius 2 is 1.89 bits per heavy atom. The van der Waals surface area contributed by atoms with Crippen LogP contribution >= 0.6 is 0 Å². The van der Waals surface area contributed by atoms with Gasteiger partial charge in [-0.25, -0.2) is 4.98 Å². The Hall–Kier alpha value is -4.38. The molecule has 1 atom stereocenters. The lowest BCUT2D eigenvalue weighted by molar-refractivity contribution is -0.886. The Kier molecular flexibility index (Phi) is 10.7. The lowest BCUT2D eigenvalue weighted by atomic mass is 10.1. The molecule has 0 aromatic carbocycles. The average Bonchev–Trinajstić information content (AvgIpc) is 3.37. The lowest BCUT2D eigenvalue weighted by Crippen LogP contribution is -2.43. The van der Waals surface area contributed by atoms with Crippen molar-refractivity contribution < 1.29 is 14.7 Å². The number of aromatic nitrogens is 6. The molecule has 3 N–H and O–H groups in total. The number of pyridine rings is 2. The number of aryl methyl sites for hydroxylation is 5. The second-order valence-electron chi connectivity index (χ2n) is 12.0. The van der Waals surface area contributed by atoms with Crippen LogP contribution in [-0.2, 0) is 24.2 Å². The molecule has 0 unspecified atom stereocenters. The van der Waals surface area contributed by atoms with Crippen molar-refractivity contribution in [2.45, 2.75) is 78.8 Å². The van der Waals surface area contributed by atoms with E-state index in [-0.39, 0.29) is 5.78 Å². The molecule has 1 aliphatic heterocycles. The van der Waals surface area contributed by atoms with E-state index in [9.17, 15) is 10.0 Å². The molecular formula is C34H46N9O2+. The maximum atomic E-state index is 12.8. The number of carbonyl (C=O) groups excluding carboxylic acids is 1. The highest BCUT2D eigenvalue weighted by atomic mass is 16.5. The van der Waals surface area contributed by atoms with Crippen molar-refractivity contribution in [2.75, 3.05) is 36.8 Å². The highest BCUT2D eigenvalue weighted by Gasteiger charge is 2.25. The summed E-state index contributed by atoms with van der Waals surface area (Å²) >= 11 is 0. The zero-order valence-corrected chi connectivity index (χ0v) is 27.0. The molecule has 5 heterocycles. The van der Waals surface area contributed by atoms with Crippen LogP contribution < -0.4 is 15.4 Å². The maximum absolute atomic E-state index is 12.8. The number of unbranched alkanes of at least 4 members (excludes halogenated alkanes) is 1. The predicted molar refractivity (Wildman–Crippen MR) is 174 cm³/mol. The van der Waals surface area contributed by atoms with Crippen LogP contribution in [0.15, 0.2) is 48.8 Å². The second kappa shape index (κ2) is 15.1. The van der Waals surface area contributed by atoms with Crippen molar-refractivity contribution in [2.24, 2.45) is 0 Å². The van der Waals surface area contributed by atoms with E-state index in [0.717, 1.165) is 104 Å². The highest BCUT2D eigenvalue weighted by molar-refractivity contribution is 5.83. The zero-order valence-electron chi connectivity index (χ0n) is 27.0. The number of carbonyl (C=O) groups is 1. The van der Waals surface area contributed by atoms with Gasteiger partial charge in [0.2, 0.25) is 0 Å². The monoisotopic (exact) mass is 612 g/mol. The summed E-state index contributed by atoms with van der Waals surface area (Å²) in [5.41, 5.74) is 6.07. The Morgan fingerprint density at radius 3 is 2.64 bits per heavy atom. The molecule has 0 saturated carbocycles. The summed E-state index contributed by atoms with van der Waals surface area (Å²) in [6.45, 7) is 11.8. The normalized spacial score (nSPS) is 13.4. The van der Waals surface area contributed by atoms with Gasteiger partial charge >= 0.3 is 5.82 Å². The minimum absolute atomic E-state index is 0.0144. The lowest BCUT2D eigenvalue weighted by Gasteiger charge is -2.24. The van der Waals surface area contributed by atoms with E-state index in [4.69, 9.17) is 4.98 Å². The van der Waals surface area contributed by atoms with E-state index in [2.05, 4.69) is 60.4 Å². The summed E-state index contributed by atoms with van der Waals surface area (Å²) in [7, 11) is 0. The second-order valence-corrected chi connectivity index (χ2v) is 12.0. The number of nitrogens with one attached hydrogen (secondary N) is 2. The fourth-order valence-corrected chi connectivity index (χ4v) is 5.90. The Labute approximate surface area is 265 Å². The molecule has 238 valence electrons. The number of Topliss-reactive ketones (excluding diaryl/α,β-unsaturated/α-hetero) is 1. The van der Waals surface area contributed by atoms with Gasteiger partial charge < -0.3 is 15.4 Å². The number of rotatable bonds is 15. The van der Waals surface area contributed by atoms with Gasteiger partial charge in [-0.15, -0.1) is 4.98 Å². The minimum atomic E-state index is -0.473. The van der Waals surface area contributed by atoms with Gasteiger partial charge in [0, 0.05) is 49.8 Å². The molecule has 0 saturated heterocycles. The molecule has 45 heavy (non-hydrogen) atoms. The van der Waals surface area contributed by atoms with E-state index in [0.29, 0.717) is 18.1 Å². The predicted octanol–water partition coefficient (Wildman–Crippen LogP) is 4.33. The van der Waals surface area contributed by atoms with Crippen LogP contribution in [0.2, 0.25) is 0 Å². The third-order valence-electron chi connectivity index (χ3n) is 8.38. The van der Waals surface area contributed by atoms with Gasteiger partial charge in [0.1, 0.15) is 17.6 Å². The topological polar surface area (TPSA) is 125 Å². The first-order chi connectivity index (χ1) is 21.8. The van der Waals surface area contributed by atoms with Gasteiger partial charge in [0.05, 0.1) is 23.9 Å². The van der Waals surface area contributed by atoms with Gasteiger partial charge in [-0.05, 0) is 96.2 Å². The van der Waals surface area contributed by atoms with Crippen molar-refractivity contribution in [1.82, 2.24) is 29.6 Å². The van der Waals surface area contributed by atoms with Crippen LogP contribution in [-0.4, -0.2) is 72.8 Å². The molecule has 11 nitrogen and oxygen atoms in total. The van der Waals surface area contributed by atoms with Crippen molar-refractivity contribution in [3.63, 3.8) is 0 Å². The van der Waals surface area contributed by atoms with Crippen LogP contribution in [0.25, 0.3) is 11.4 Å². The fourth-order valence-electron chi connectivity index (χ4n) is 5.90. The van der Waals surface area contributed by atoms with Gasteiger partial charge in [0.25, 0.3) is 5.82 Å². The molecule has 4 aromatic heterocycles. The van der Waals surface area contributed by atoms with E-state index >= 15 is 0 Å². The standard InChI is InChI=1S/C34H45N9O2/c1-24-23-32(43(45)34(37-24)29-12-16-35-17-13-29)39-31(27(4)44)14-19-41(20-21-42-26(3)22-25(2)40-42)18-6-5-9-30-11-10-28-8-7-15-36-33(28)38-30/h10-13,16-17,22-23,31,45H,5-9,14-15,18-21H2,1-4H3,(H,36,38)/p+1/t31-/m0/s1. The van der Waals surface area contributed by atoms with Gasteiger partial charge in [-0.2, -0.15) is 5.10 Å². The first-order valence-corrected chi connectivity index (χ1v) is 16.0. The molecule has 11 heteroatoms. The van der Waals surface area contributed by atoms with Gasteiger partial charge in [-0.3, -0.25) is 19.8 Å². The Bertz CT molecular complexity index is 1590. The smallest absolute Gasteiger partial charge is 0.307 e. The van der Waals surface area contributed by atoms with Crippen LogP contribution in [0.1, 0.15) is 60.9 Å². The van der Waals surface area contributed by atoms with E-state index in [1.165, 1.54) is 5.56 Å². The molecule has 0 radical (unpaired) electrons. The average molecular weight is 613 g/mol. The summed E-state index contributed by atoms with van der Waals surface area (Å²) < 4.78 is 3.07. The first kappa shape index (κ1) is 32.0. The van der Waals surface area contributed by atoms with Crippen molar-refractivity contribution >= 4 is 17.4 Å². The molecule has 0 aliphatic carbocycles. The number of hydrogen-bond acceptors (Lipinski definition) is 9. The number of ketones is 1. The van der Waals surface area contributed by atoms with E-state index in [1.54, 1.807) is 37.5 Å². The van der Waals surface area contributed by atoms with Crippen molar-refractivity contribution in [3.8, 4) is 11.4 Å². The highest BCUT2D eigenvalue weighted by Crippen LogP contribution is 2.21. The van der Waals surface area contributed by atoms with Crippen LogP contribution in [0.3, 0.4) is 0 Å². The summed E-state index contributed by atoms with van der Waals surface area (Å²) in [5.74, 6) is 1.88. The Balaban J connectivity index is 1.23. The molecular weight excluding hydrogens is 566 g/mol. The molecule has 0 amide bonds. The fraction of sp³-hybridized carbons (Fsp3) is 0.471. The Morgan fingerprint density at radius 1 is 1.07 bits per heavy atom. The largest absolute Gasteiger partial charge is 0.371 e. The van der Waals surface area contributed by atoms with E-state index in [1.807, 2.05) is 13.8 Å². The summed E-state index contributed by atoms with van der Waals surface area (Å²) in [5, 5.41) is 22.4. The quantitative estimate of drug-likeness (QED) is 0.102. The summed E-state index contributed by atoms with van der Waals surface area (Å²) in [6.07, 6.45) is 9.17. The number of fused-ring (bicyclic) bond motifs is 1. The maximum Gasteiger partial charge on any atom is 0.307 e. The first-order valence-electron chi connectivity index (χ1n) is 16.0. The number of hydrogen-bond donors (Lipinski definition) is 3. The van der Waals surface area contributed by atoms with Crippen molar-refractivity contribution in [3.05, 3.63) is 77.1 Å². The van der Waals surface area contributed by atoms with E-state index < -0.39 is 6.04 Å². The minimum Gasteiger partial charge on any atom is -0.371 e. The molecule has 0 bridgehead atoms. The zero-order chi connectivity index (χ0) is 31.8. The van der Waals surface area contributed by atoms with Gasteiger partial charge in [-0.1, -0.05) is 10.8 Å². The van der Waals surface area contributed by atoms with Crippen molar-refractivity contribution in [1.29, 1.82) is 0 Å². The molecule has 5 rings (SSSR count). The third-order valence-corrected chi connectivity index (χ3v) is 8.38. The van der Waals surface area contributed by atoms with Crippen LogP contribution in [0.4, 0.5) is 11.6 Å². The number of nitrogens with zero attached hydrogens (tertiary/aromatic N) is 7. The van der Waals surface area contributed by atoms with Crippen LogP contribution in [0.5, 0.6) is 0 Å². The SMILES string of the molecule is CC(=O)[C@H](CCN(CCCCc1ccc2c(n1)NCCC2)CCn1nc(C)cc1C)Nc1cc(C)nc(-c2ccncc2)[n+]1O. The molecule has 1 aliphatic rings. The summed E-state index contributed by atoms with van der Waals surface area (Å²) in [6, 6.07) is 11.4.